The van der Waals surface area contributed by atoms with Crippen molar-refractivity contribution in [3.05, 3.63) is 34.9 Å². The van der Waals surface area contributed by atoms with Gasteiger partial charge in [-0.2, -0.15) is 0 Å². The van der Waals surface area contributed by atoms with E-state index in [9.17, 15) is 0 Å². The minimum Gasteiger partial charge on any atom is -0.382 e. The third kappa shape index (κ3) is 6.40. The fourth-order valence-corrected chi connectivity index (χ4v) is 2.72. The van der Waals surface area contributed by atoms with E-state index in [1.165, 1.54) is 18.4 Å². The van der Waals surface area contributed by atoms with Crippen molar-refractivity contribution in [3.8, 4) is 0 Å². The van der Waals surface area contributed by atoms with Crippen molar-refractivity contribution in [3.63, 3.8) is 0 Å². The van der Waals surface area contributed by atoms with Crippen molar-refractivity contribution in [2.24, 2.45) is 10.4 Å². The molecule has 2 rings (SSSR count). The Kier molecular flexibility index (Phi) is 7.18. The molecule has 0 amide bonds. The highest BCUT2D eigenvalue weighted by molar-refractivity contribution is 6.30. The largest absolute Gasteiger partial charge is 0.382 e. The summed E-state index contributed by atoms with van der Waals surface area (Å²) >= 11 is 5.90. The molecule has 0 aliphatic heterocycles. The molecule has 1 aromatic carbocycles. The molecular weight excluding hydrogens is 310 g/mol. The van der Waals surface area contributed by atoms with Crippen LogP contribution in [-0.2, 0) is 11.2 Å². The van der Waals surface area contributed by atoms with E-state index in [0.29, 0.717) is 5.41 Å². The molecule has 0 saturated heterocycles. The van der Waals surface area contributed by atoms with E-state index in [1.807, 2.05) is 26.1 Å². The van der Waals surface area contributed by atoms with Crippen LogP contribution >= 0.6 is 11.6 Å². The second-order valence-electron chi connectivity index (χ2n) is 6.18. The first-order chi connectivity index (χ1) is 11.2. The third-order valence-corrected chi connectivity index (χ3v) is 4.66. The van der Waals surface area contributed by atoms with E-state index in [2.05, 4.69) is 27.8 Å². The Morgan fingerprint density at radius 3 is 2.61 bits per heavy atom. The smallest absolute Gasteiger partial charge is 0.191 e. The second kappa shape index (κ2) is 9.14. The number of hydrogen-bond acceptors (Lipinski definition) is 2. The summed E-state index contributed by atoms with van der Waals surface area (Å²) in [7, 11) is 1.82. The predicted octanol–water partition coefficient (Wildman–Crippen LogP) is 3.25. The number of halogens is 1. The van der Waals surface area contributed by atoms with Crippen LogP contribution in [0.5, 0.6) is 0 Å². The molecule has 4 nitrogen and oxygen atoms in total. The van der Waals surface area contributed by atoms with Crippen LogP contribution in [0.1, 0.15) is 31.7 Å². The van der Waals surface area contributed by atoms with E-state index < -0.39 is 0 Å². The quantitative estimate of drug-likeness (QED) is 0.413. The molecule has 0 atom stereocenters. The molecule has 0 aromatic heterocycles. The van der Waals surface area contributed by atoms with Crippen LogP contribution in [0.4, 0.5) is 0 Å². The molecule has 1 aromatic rings. The Hall–Kier alpha value is -1.26. The van der Waals surface area contributed by atoms with Crippen LogP contribution in [-0.4, -0.2) is 39.3 Å². The highest BCUT2D eigenvalue weighted by atomic mass is 35.5. The zero-order valence-electron chi connectivity index (χ0n) is 14.2. The summed E-state index contributed by atoms with van der Waals surface area (Å²) < 4.78 is 5.48. The summed E-state index contributed by atoms with van der Waals surface area (Å²) in [4.78, 5) is 4.30. The number of rotatable bonds is 9. The lowest BCUT2D eigenvalue weighted by atomic mass is 10.0. The number of nitrogens with zero attached hydrogens (tertiary/aromatic N) is 1. The molecule has 128 valence electrons. The average Bonchev–Trinajstić information content (AvgIpc) is 3.33. The SMILES string of the molecule is CCOCCC1(CNC(=NC)NCCc2ccc(Cl)cc2)CC1. The van der Waals surface area contributed by atoms with Gasteiger partial charge >= 0.3 is 0 Å². The summed E-state index contributed by atoms with van der Waals surface area (Å²) in [6.07, 6.45) is 4.66. The van der Waals surface area contributed by atoms with Crippen molar-refractivity contribution in [1.29, 1.82) is 0 Å². The summed E-state index contributed by atoms with van der Waals surface area (Å²) in [5.74, 6) is 0.877. The minimum atomic E-state index is 0.420. The summed E-state index contributed by atoms with van der Waals surface area (Å²) in [5.41, 5.74) is 1.69. The maximum Gasteiger partial charge on any atom is 0.191 e. The molecule has 0 bridgehead atoms. The predicted molar refractivity (Wildman–Crippen MR) is 97.3 cm³/mol. The zero-order valence-corrected chi connectivity index (χ0v) is 15.0. The van der Waals surface area contributed by atoms with E-state index >= 15 is 0 Å². The number of benzene rings is 1. The molecule has 0 heterocycles. The van der Waals surface area contributed by atoms with Gasteiger partial charge in [-0.3, -0.25) is 4.99 Å². The molecule has 2 N–H and O–H groups in total. The van der Waals surface area contributed by atoms with E-state index in [-0.39, 0.29) is 0 Å². The molecule has 1 aliphatic carbocycles. The van der Waals surface area contributed by atoms with Crippen molar-refractivity contribution in [2.45, 2.75) is 32.6 Å². The number of guanidine groups is 1. The molecule has 0 spiro atoms. The van der Waals surface area contributed by atoms with Gasteiger partial charge in [0, 0.05) is 38.4 Å². The molecule has 23 heavy (non-hydrogen) atoms. The van der Waals surface area contributed by atoms with Crippen molar-refractivity contribution in [1.82, 2.24) is 10.6 Å². The van der Waals surface area contributed by atoms with Crippen LogP contribution < -0.4 is 10.6 Å². The average molecular weight is 338 g/mol. The highest BCUT2D eigenvalue weighted by Crippen LogP contribution is 2.48. The fraction of sp³-hybridized carbons (Fsp3) is 0.611. The fourth-order valence-electron chi connectivity index (χ4n) is 2.59. The molecule has 1 fully saturated rings. The lowest BCUT2D eigenvalue weighted by Gasteiger charge is -2.18. The van der Waals surface area contributed by atoms with Gasteiger partial charge in [0.25, 0.3) is 0 Å². The number of hydrogen-bond donors (Lipinski definition) is 2. The Morgan fingerprint density at radius 2 is 2.00 bits per heavy atom. The monoisotopic (exact) mass is 337 g/mol. The maximum absolute atomic E-state index is 5.90. The van der Waals surface area contributed by atoms with Crippen molar-refractivity contribution < 1.29 is 4.74 Å². The van der Waals surface area contributed by atoms with Crippen LogP contribution in [0.15, 0.2) is 29.3 Å². The lowest BCUT2D eigenvalue weighted by molar-refractivity contribution is 0.128. The first-order valence-corrected chi connectivity index (χ1v) is 8.82. The van der Waals surface area contributed by atoms with Gasteiger partial charge in [-0.1, -0.05) is 23.7 Å². The highest BCUT2D eigenvalue weighted by Gasteiger charge is 2.41. The van der Waals surface area contributed by atoms with Gasteiger partial charge in [-0.15, -0.1) is 0 Å². The van der Waals surface area contributed by atoms with Gasteiger partial charge in [0.2, 0.25) is 0 Å². The summed E-state index contributed by atoms with van der Waals surface area (Å²) in [5, 5.41) is 7.61. The topological polar surface area (TPSA) is 45.6 Å². The lowest BCUT2D eigenvalue weighted by Crippen LogP contribution is -2.41. The standard InChI is InChI=1S/C18H28ClN3O/c1-3-23-13-11-18(9-10-18)14-22-17(20-2)21-12-8-15-4-6-16(19)7-5-15/h4-7H,3,8-14H2,1-2H3,(H2,20,21,22). The Bertz CT molecular complexity index is 497. The molecule has 0 unspecified atom stereocenters. The Labute approximate surface area is 144 Å². The van der Waals surface area contributed by atoms with Gasteiger partial charge in [0.15, 0.2) is 5.96 Å². The zero-order chi connectivity index (χ0) is 16.5. The molecule has 5 heteroatoms. The molecule has 1 aliphatic rings. The first-order valence-electron chi connectivity index (χ1n) is 8.44. The van der Waals surface area contributed by atoms with Crippen LogP contribution in [0.25, 0.3) is 0 Å². The Balaban J connectivity index is 1.66. The molecule has 1 saturated carbocycles. The molecular formula is C18H28ClN3O. The van der Waals surface area contributed by atoms with Gasteiger partial charge in [0.05, 0.1) is 0 Å². The van der Waals surface area contributed by atoms with Crippen LogP contribution in [0.3, 0.4) is 0 Å². The summed E-state index contributed by atoms with van der Waals surface area (Å²) in [6, 6.07) is 7.98. The molecule has 0 radical (unpaired) electrons. The first kappa shape index (κ1) is 18.1. The minimum absolute atomic E-state index is 0.420. The van der Waals surface area contributed by atoms with Gasteiger partial charge in [0.1, 0.15) is 0 Å². The van der Waals surface area contributed by atoms with E-state index in [0.717, 1.165) is 50.1 Å². The van der Waals surface area contributed by atoms with Crippen molar-refractivity contribution >= 4 is 17.6 Å². The Morgan fingerprint density at radius 1 is 1.26 bits per heavy atom. The number of aliphatic imine (C=N–C) groups is 1. The van der Waals surface area contributed by atoms with Crippen LogP contribution in [0, 0.1) is 5.41 Å². The van der Waals surface area contributed by atoms with E-state index in [1.54, 1.807) is 0 Å². The van der Waals surface area contributed by atoms with Gasteiger partial charge < -0.3 is 15.4 Å². The van der Waals surface area contributed by atoms with Crippen LogP contribution in [0.2, 0.25) is 5.02 Å². The van der Waals surface area contributed by atoms with Gasteiger partial charge in [-0.05, 0) is 55.7 Å². The second-order valence-corrected chi connectivity index (χ2v) is 6.61. The van der Waals surface area contributed by atoms with Gasteiger partial charge in [-0.25, -0.2) is 0 Å². The van der Waals surface area contributed by atoms with E-state index in [4.69, 9.17) is 16.3 Å². The summed E-state index contributed by atoms with van der Waals surface area (Å²) in [6.45, 7) is 5.54. The number of ether oxygens (including phenoxy) is 1. The number of nitrogens with one attached hydrogen (secondary N) is 2. The maximum atomic E-state index is 5.90. The van der Waals surface area contributed by atoms with Crippen molar-refractivity contribution in [2.75, 3.05) is 33.4 Å². The third-order valence-electron chi connectivity index (χ3n) is 4.41. The normalized spacial score (nSPS) is 16.2.